The Hall–Kier alpha value is -3.00. The summed E-state index contributed by atoms with van der Waals surface area (Å²) in [5.41, 5.74) is 5.63. The van der Waals surface area contributed by atoms with Crippen LogP contribution in [0.1, 0.15) is 38.5 Å². The monoisotopic (exact) mass is 390 g/mol. The maximum Gasteiger partial charge on any atom is 0.257 e. The number of fused-ring (bicyclic) bond motifs is 4. The maximum absolute atomic E-state index is 13.6. The molecule has 1 aliphatic carbocycles. The van der Waals surface area contributed by atoms with Crippen molar-refractivity contribution in [3.8, 4) is 5.00 Å². The lowest BCUT2D eigenvalue weighted by atomic mass is 10.0. The molecule has 1 N–H and O–H groups in total. The van der Waals surface area contributed by atoms with E-state index in [1.807, 2.05) is 11.0 Å². The number of hydrogen-bond donors (Lipinski definition) is 1. The molecule has 3 aromatic heterocycles. The third kappa shape index (κ3) is 2.27. The fraction of sp³-hybridized carbons (Fsp3) is 0.300. The zero-order valence-corrected chi connectivity index (χ0v) is 16.0. The lowest BCUT2D eigenvalue weighted by Gasteiger charge is -2.27. The van der Waals surface area contributed by atoms with Crippen molar-refractivity contribution in [1.29, 1.82) is 0 Å². The molecule has 0 fully saturated rings. The van der Waals surface area contributed by atoms with Crippen LogP contribution >= 0.6 is 11.3 Å². The van der Waals surface area contributed by atoms with Crippen LogP contribution in [0.25, 0.3) is 15.9 Å². The molecule has 0 saturated carbocycles. The fourth-order valence-corrected chi connectivity index (χ4v) is 5.85. The normalized spacial score (nSPS) is 15.8. The van der Waals surface area contributed by atoms with Crippen molar-refractivity contribution in [2.24, 2.45) is 0 Å². The number of hydrogen-bond acceptors (Lipinski definition) is 5. The van der Waals surface area contributed by atoms with E-state index in [1.165, 1.54) is 21.4 Å². The number of H-pyrrole nitrogens is 1. The molecule has 0 atom stereocenters. The topological polar surface area (TPSA) is 79.7 Å². The molecule has 0 bridgehead atoms. The predicted octanol–water partition coefficient (Wildman–Crippen LogP) is 2.89. The molecule has 1 aromatic carbocycles. The quantitative estimate of drug-likeness (QED) is 0.571. The van der Waals surface area contributed by atoms with Crippen molar-refractivity contribution >= 4 is 28.1 Å². The Morgan fingerprint density at radius 2 is 2.07 bits per heavy atom. The van der Waals surface area contributed by atoms with Crippen LogP contribution in [0.3, 0.4) is 0 Å². The molecule has 28 heavy (non-hydrogen) atoms. The van der Waals surface area contributed by atoms with E-state index in [2.05, 4.69) is 38.7 Å². The third-order valence-corrected chi connectivity index (χ3v) is 7.13. The average Bonchev–Trinajstić information content (AvgIpc) is 3.48. The van der Waals surface area contributed by atoms with E-state index in [4.69, 9.17) is 0 Å². The summed E-state index contributed by atoms with van der Waals surface area (Å²) in [7, 11) is 0. The Morgan fingerprint density at radius 1 is 1.14 bits per heavy atom. The second kappa shape index (κ2) is 6.00. The van der Waals surface area contributed by atoms with E-state index in [-0.39, 0.29) is 5.91 Å². The van der Waals surface area contributed by atoms with Gasteiger partial charge in [-0.2, -0.15) is 4.68 Å². The number of thiophene rings is 1. The van der Waals surface area contributed by atoms with E-state index < -0.39 is 0 Å². The molecule has 0 spiro atoms. The van der Waals surface area contributed by atoms with Gasteiger partial charge in [0.1, 0.15) is 11.3 Å². The van der Waals surface area contributed by atoms with Gasteiger partial charge < -0.3 is 9.88 Å². The van der Waals surface area contributed by atoms with Crippen LogP contribution in [-0.2, 0) is 25.8 Å². The van der Waals surface area contributed by atoms with Crippen molar-refractivity contribution in [2.45, 2.75) is 32.2 Å². The van der Waals surface area contributed by atoms with Crippen molar-refractivity contribution in [3.05, 3.63) is 57.9 Å². The van der Waals surface area contributed by atoms with Crippen molar-refractivity contribution in [2.75, 3.05) is 6.54 Å². The first-order valence-corrected chi connectivity index (χ1v) is 10.4. The van der Waals surface area contributed by atoms with Crippen LogP contribution in [0.15, 0.2) is 30.6 Å². The molecule has 4 aromatic rings. The summed E-state index contributed by atoms with van der Waals surface area (Å²) in [5, 5.41) is 13.7. The standard InChI is InChI=1S/C20H18N6OS/c27-19(18-14-5-3-7-17(14)28-20(18)26-11-21-23-24-26)25-9-8-13-12-4-1-2-6-15(12)22-16(13)10-25/h1-2,4,6,11,22H,3,5,7-10H2. The lowest BCUT2D eigenvalue weighted by molar-refractivity contribution is 0.0732. The number of rotatable bonds is 2. The van der Waals surface area contributed by atoms with Gasteiger partial charge >= 0.3 is 0 Å². The molecule has 140 valence electrons. The van der Waals surface area contributed by atoms with Crippen LogP contribution in [-0.4, -0.2) is 42.5 Å². The number of aromatic amines is 1. The van der Waals surface area contributed by atoms with Gasteiger partial charge in [0.05, 0.1) is 12.1 Å². The van der Waals surface area contributed by atoms with Crippen LogP contribution in [0.2, 0.25) is 0 Å². The Labute approximate surface area is 165 Å². The van der Waals surface area contributed by atoms with Gasteiger partial charge in [0.15, 0.2) is 0 Å². The molecule has 4 heterocycles. The second-order valence-electron chi connectivity index (χ2n) is 7.40. The number of benzene rings is 1. The second-order valence-corrected chi connectivity index (χ2v) is 8.48. The zero-order chi connectivity index (χ0) is 18.7. The van der Waals surface area contributed by atoms with E-state index in [1.54, 1.807) is 22.3 Å². The lowest BCUT2D eigenvalue weighted by Crippen LogP contribution is -2.36. The minimum atomic E-state index is 0.0919. The molecule has 7 nitrogen and oxygen atoms in total. The first-order valence-electron chi connectivity index (χ1n) is 9.55. The number of tetrazole rings is 1. The maximum atomic E-state index is 13.6. The number of aromatic nitrogens is 5. The van der Waals surface area contributed by atoms with E-state index in [0.29, 0.717) is 6.54 Å². The fourth-order valence-electron chi connectivity index (χ4n) is 4.55. The van der Waals surface area contributed by atoms with Gasteiger partial charge in [-0.3, -0.25) is 4.79 Å². The van der Waals surface area contributed by atoms with E-state index in [0.717, 1.165) is 54.0 Å². The predicted molar refractivity (Wildman–Crippen MR) is 106 cm³/mol. The number of para-hydroxylation sites is 1. The minimum absolute atomic E-state index is 0.0919. The van der Waals surface area contributed by atoms with Crippen molar-refractivity contribution in [1.82, 2.24) is 30.1 Å². The Morgan fingerprint density at radius 3 is 2.96 bits per heavy atom. The molecule has 1 amide bonds. The van der Waals surface area contributed by atoms with Crippen LogP contribution in [0.5, 0.6) is 0 Å². The summed E-state index contributed by atoms with van der Waals surface area (Å²) in [5.74, 6) is 0.0919. The van der Waals surface area contributed by atoms with Crippen molar-refractivity contribution < 1.29 is 4.79 Å². The molecule has 0 saturated heterocycles. The first kappa shape index (κ1) is 16.0. The number of amides is 1. The van der Waals surface area contributed by atoms with E-state index in [9.17, 15) is 4.79 Å². The number of carbonyl (C=O) groups is 1. The van der Waals surface area contributed by atoms with Gasteiger partial charge in [0, 0.05) is 28.0 Å². The van der Waals surface area contributed by atoms with Gasteiger partial charge in [-0.15, -0.1) is 16.4 Å². The summed E-state index contributed by atoms with van der Waals surface area (Å²) < 4.78 is 1.63. The van der Waals surface area contributed by atoms with Gasteiger partial charge in [-0.25, -0.2) is 0 Å². The van der Waals surface area contributed by atoms with Gasteiger partial charge in [-0.05, 0) is 53.3 Å². The Bertz CT molecular complexity index is 1210. The Balaban J connectivity index is 1.40. The zero-order valence-electron chi connectivity index (χ0n) is 15.2. The average molecular weight is 390 g/mol. The van der Waals surface area contributed by atoms with Crippen LogP contribution < -0.4 is 0 Å². The smallest absolute Gasteiger partial charge is 0.257 e. The molecule has 6 rings (SSSR count). The van der Waals surface area contributed by atoms with Gasteiger partial charge in [-0.1, -0.05) is 18.2 Å². The molecule has 2 aliphatic rings. The van der Waals surface area contributed by atoms with Crippen molar-refractivity contribution in [3.63, 3.8) is 0 Å². The highest BCUT2D eigenvalue weighted by Crippen LogP contribution is 2.39. The minimum Gasteiger partial charge on any atom is -0.357 e. The van der Waals surface area contributed by atoms with Crippen LogP contribution in [0, 0.1) is 0 Å². The number of aryl methyl sites for hydroxylation is 1. The SMILES string of the molecule is O=C(c1c(-n2cnnn2)sc2c1CCC2)N1CCc2c([nH]c3ccccc23)C1. The molecular weight excluding hydrogens is 372 g/mol. The molecular formula is C20H18N6OS. The number of nitrogens with one attached hydrogen (secondary N) is 1. The Kier molecular flexibility index (Phi) is 3.43. The summed E-state index contributed by atoms with van der Waals surface area (Å²) in [6.45, 7) is 1.34. The molecule has 0 unspecified atom stereocenters. The molecule has 8 heteroatoms. The number of carbonyl (C=O) groups excluding carboxylic acids is 1. The third-order valence-electron chi connectivity index (χ3n) is 5.84. The summed E-state index contributed by atoms with van der Waals surface area (Å²) in [6, 6.07) is 8.37. The molecule has 1 aliphatic heterocycles. The molecule has 0 radical (unpaired) electrons. The summed E-state index contributed by atoms with van der Waals surface area (Å²) >= 11 is 1.65. The highest BCUT2D eigenvalue weighted by atomic mass is 32.1. The summed E-state index contributed by atoms with van der Waals surface area (Å²) in [6.07, 6.45) is 5.56. The first-order chi connectivity index (χ1) is 13.8. The van der Waals surface area contributed by atoms with Crippen LogP contribution in [0.4, 0.5) is 0 Å². The highest BCUT2D eigenvalue weighted by molar-refractivity contribution is 7.15. The van der Waals surface area contributed by atoms with E-state index >= 15 is 0 Å². The highest BCUT2D eigenvalue weighted by Gasteiger charge is 2.32. The number of nitrogens with zero attached hydrogens (tertiary/aromatic N) is 5. The largest absolute Gasteiger partial charge is 0.357 e. The van der Waals surface area contributed by atoms with Gasteiger partial charge in [0.2, 0.25) is 0 Å². The summed E-state index contributed by atoms with van der Waals surface area (Å²) in [4.78, 5) is 20.4. The van der Waals surface area contributed by atoms with Gasteiger partial charge in [0.25, 0.3) is 5.91 Å².